The molecule has 6 nitrogen and oxygen atoms in total. The molecule has 0 spiro atoms. The first-order chi connectivity index (χ1) is 10.7. The van der Waals surface area contributed by atoms with Crippen LogP contribution in [0.1, 0.15) is 22.9 Å². The zero-order valence-electron chi connectivity index (χ0n) is 12.6. The van der Waals surface area contributed by atoms with Crippen LogP contribution < -0.4 is 5.32 Å². The number of hydrogen-bond acceptors (Lipinski definition) is 3. The number of nitrogens with one attached hydrogen (secondary N) is 1. The van der Waals surface area contributed by atoms with Crippen LogP contribution in [0.15, 0.2) is 36.5 Å². The summed E-state index contributed by atoms with van der Waals surface area (Å²) in [6.07, 6.45) is 2.51. The van der Waals surface area contributed by atoms with Crippen LogP contribution in [0, 0.1) is 0 Å². The summed E-state index contributed by atoms with van der Waals surface area (Å²) in [7, 11) is 1.84. The van der Waals surface area contributed by atoms with Gasteiger partial charge >= 0.3 is 6.03 Å². The van der Waals surface area contributed by atoms with E-state index in [0.717, 1.165) is 17.7 Å². The van der Waals surface area contributed by atoms with Gasteiger partial charge in [-0.05, 0) is 23.6 Å². The fourth-order valence-electron chi connectivity index (χ4n) is 2.93. The van der Waals surface area contributed by atoms with Crippen LogP contribution in [0.5, 0.6) is 0 Å². The van der Waals surface area contributed by atoms with Crippen molar-refractivity contribution in [2.75, 3.05) is 13.2 Å². The number of benzene rings is 1. The second kappa shape index (κ2) is 6.19. The topological polar surface area (TPSA) is 70.4 Å². The van der Waals surface area contributed by atoms with Gasteiger partial charge in [0.05, 0.1) is 24.9 Å². The number of nitrogens with zero attached hydrogens (tertiary/aromatic N) is 3. The van der Waals surface area contributed by atoms with Crippen LogP contribution in [0.2, 0.25) is 0 Å². The fraction of sp³-hybridized carbons (Fsp3) is 0.375. The van der Waals surface area contributed by atoms with Crippen molar-refractivity contribution >= 4 is 6.03 Å². The highest BCUT2D eigenvalue weighted by Gasteiger charge is 2.29. The summed E-state index contributed by atoms with van der Waals surface area (Å²) in [5.74, 6) is 0. The van der Waals surface area contributed by atoms with Gasteiger partial charge in [0.2, 0.25) is 0 Å². The highest BCUT2D eigenvalue weighted by molar-refractivity contribution is 5.75. The molecule has 3 rings (SSSR count). The summed E-state index contributed by atoms with van der Waals surface area (Å²) in [6.45, 7) is 0.960. The number of aryl methyl sites for hydroxylation is 1. The Morgan fingerprint density at radius 3 is 2.95 bits per heavy atom. The largest absolute Gasteiger partial charge is 0.394 e. The van der Waals surface area contributed by atoms with Gasteiger partial charge in [-0.25, -0.2) is 4.79 Å². The molecule has 0 bridgehead atoms. The van der Waals surface area contributed by atoms with Crippen molar-refractivity contribution in [3.05, 3.63) is 53.3 Å². The molecule has 0 saturated heterocycles. The summed E-state index contributed by atoms with van der Waals surface area (Å²) in [5.41, 5.74) is 3.18. The second-order valence-corrected chi connectivity index (χ2v) is 5.45. The lowest BCUT2D eigenvalue weighted by Gasteiger charge is -2.36. The maximum atomic E-state index is 12.5. The Labute approximate surface area is 129 Å². The zero-order chi connectivity index (χ0) is 15.5. The monoisotopic (exact) mass is 300 g/mol. The fourth-order valence-corrected chi connectivity index (χ4v) is 2.93. The molecule has 2 aromatic rings. The first kappa shape index (κ1) is 14.6. The molecule has 1 atom stereocenters. The Bertz CT molecular complexity index is 668. The van der Waals surface area contributed by atoms with Crippen LogP contribution >= 0.6 is 0 Å². The smallest absolute Gasteiger partial charge is 0.318 e. The number of amides is 2. The number of urea groups is 1. The predicted molar refractivity (Wildman–Crippen MR) is 82.1 cm³/mol. The van der Waals surface area contributed by atoms with Gasteiger partial charge < -0.3 is 15.3 Å². The van der Waals surface area contributed by atoms with E-state index < -0.39 is 0 Å². The van der Waals surface area contributed by atoms with Crippen LogP contribution in [-0.2, 0) is 20.0 Å². The summed E-state index contributed by atoms with van der Waals surface area (Å²) < 4.78 is 1.73. The van der Waals surface area contributed by atoms with E-state index in [2.05, 4.69) is 16.5 Å². The van der Waals surface area contributed by atoms with Crippen molar-refractivity contribution in [1.29, 1.82) is 0 Å². The molecule has 1 aromatic heterocycles. The van der Waals surface area contributed by atoms with Crippen LogP contribution in [0.25, 0.3) is 0 Å². The number of fused-ring (bicyclic) bond motifs is 1. The first-order valence-electron chi connectivity index (χ1n) is 7.40. The number of aliphatic hydroxyl groups excluding tert-OH is 1. The molecule has 116 valence electrons. The summed E-state index contributed by atoms with van der Waals surface area (Å²) in [4.78, 5) is 14.2. The van der Waals surface area contributed by atoms with Crippen molar-refractivity contribution in [1.82, 2.24) is 20.0 Å². The lowest BCUT2D eigenvalue weighted by molar-refractivity contribution is 0.126. The lowest BCUT2D eigenvalue weighted by Crippen LogP contribution is -2.46. The van der Waals surface area contributed by atoms with Gasteiger partial charge in [-0.3, -0.25) is 4.68 Å². The van der Waals surface area contributed by atoms with Gasteiger partial charge in [0.25, 0.3) is 0 Å². The van der Waals surface area contributed by atoms with Gasteiger partial charge in [-0.15, -0.1) is 0 Å². The highest BCUT2D eigenvalue weighted by Crippen LogP contribution is 2.29. The maximum absolute atomic E-state index is 12.5. The van der Waals surface area contributed by atoms with E-state index in [0.29, 0.717) is 13.1 Å². The zero-order valence-corrected chi connectivity index (χ0v) is 12.6. The molecule has 0 aliphatic carbocycles. The Morgan fingerprint density at radius 1 is 1.41 bits per heavy atom. The highest BCUT2D eigenvalue weighted by atomic mass is 16.3. The molecule has 2 amide bonds. The van der Waals surface area contributed by atoms with Crippen molar-refractivity contribution in [2.45, 2.75) is 19.0 Å². The minimum atomic E-state index is -0.281. The third-order valence-electron chi connectivity index (χ3n) is 4.19. The Hall–Kier alpha value is -2.34. The molecule has 0 saturated carbocycles. The Morgan fingerprint density at radius 2 is 2.23 bits per heavy atom. The molecule has 1 aliphatic rings. The molecule has 22 heavy (non-hydrogen) atoms. The molecule has 1 aliphatic heterocycles. The molecular formula is C16H20N4O2. The lowest BCUT2D eigenvalue weighted by atomic mass is 9.93. The molecule has 0 radical (unpaired) electrons. The van der Waals surface area contributed by atoms with E-state index in [1.165, 1.54) is 5.56 Å². The van der Waals surface area contributed by atoms with Crippen molar-refractivity contribution in [2.24, 2.45) is 7.05 Å². The van der Waals surface area contributed by atoms with E-state index in [4.69, 9.17) is 0 Å². The number of carbonyl (C=O) groups excluding carboxylic acids is 1. The minimum absolute atomic E-state index is 0.0733. The minimum Gasteiger partial charge on any atom is -0.394 e. The van der Waals surface area contributed by atoms with E-state index >= 15 is 0 Å². The van der Waals surface area contributed by atoms with Gasteiger partial charge in [-0.1, -0.05) is 24.3 Å². The van der Waals surface area contributed by atoms with Crippen LogP contribution in [-0.4, -0.2) is 39.0 Å². The number of carbonyl (C=O) groups is 1. The molecule has 2 heterocycles. The van der Waals surface area contributed by atoms with E-state index in [1.54, 1.807) is 15.8 Å². The van der Waals surface area contributed by atoms with E-state index in [9.17, 15) is 9.90 Å². The Kier molecular flexibility index (Phi) is 4.11. The van der Waals surface area contributed by atoms with Crippen molar-refractivity contribution in [3.8, 4) is 0 Å². The predicted octanol–water partition coefficient (Wildman–Crippen LogP) is 1.22. The summed E-state index contributed by atoms with van der Waals surface area (Å²) in [5, 5.41) is 16.7. The molecular weight excluding hydrogens is 280 g/mol. The summed E-state index contributed by atoms with van der Waals surface area (Å²) in [6, 6.07) is 9.41. The van der Waals surface area contributed by atoms with Crippen molar-refractivity contribution < 1.29 is 9.90 Å². The van der Waals surface area contributed by atoms with Crippen LogP contribution in [0.4, 0.5) is 4.79 Å². The van der Waals surface area contributed by atoms with E-state index in [-0.39, 0.29) is 18.7 Å². The van der Waals surface area contributed by atoms with Crippen molar-refractivity contribution in [3.63, 3.8) is 0 Å². The summed E-state index contributed by atoms with van der Waals surface area (Å²) >= 11 is 0. The van der Waals surface area contributed by atoms with Gasteiger partial charge in [0.15, 0.2) is 0 Å². The quantitative estimate of drug-likeness (QED) is 0.895. The van der Waals surface area contributed by atoms with E-state index in [1.807, 2.05) is 31.3 Å². The third-order valence-corrected chi connectivity index (χ3v) is 4.19. The second-order valence-electron chi connectivity index (χ2n) is 5.45. The molecule has 1 aromatic carbocycles. The van der Waals surface area contributed by atoms with Gasteiger partial charge in [0, 0.05) is 19.8 Å². The third kappa shape index (κ3) is 2.69. The molecule has 2 N–H and O–H groups in total. The average molecular weight is 300 g/mol. The van der Waals surface area contributed by atoms with Crippen LogP contribution in [0.3, 0.4) is 0 Å². The number of hydrogen-bond donors (Lipinski definition) is 2. The Balaban J connectivity index is 1.71. The molecule has 1 unspecified atom stereocenters. The average Bonchev–Trinajstić information content (AvgIpc) is 2.96. The standard InChI is InChI=1S/C16H20N4O2/c1-19-13(6-8-18-19)10-17-16(22)20-9-7-12-4-2-3-5-14(12)15(20)11-21/h2-6,8,15,21H,7,9-11H2,1H3,(H,17,22). The molecule has 0 fully saturated rings. The first-order valence-corrected chi connectivity index (χ1v) is 7.40. The van der Waals surface area contributed by atoms with Gasteiger partial charge in [-0.2, -0.15) is 5.10 Å². The normalized spacial score (nSPS) is 17.2. The SMILES string of the molecule is Cn1nccc1CNC(=O)N1CCc2ccccc2C1CO. The number of rotatable bonds is 3. The number of aliphatic hydroxyl groups is 1. The molecule has 6 heteroatoms. The van der Waals surface area contributed by atoms with Gasteiger partial charge in [0.1, 0.15) is 0 Å². The maximum Gasteiger partial charge on any atom is 0.318 e. The number of aromatic nitrogens is 2.